The molecule has 3 nitrogen and oxygen atoms in total. The van der Waals surface area contributed by atoms with Gasteiger partial charge in [0.2, 0.25) is 0 Å². The zero-order chi connectivity index (χ0) is 13.4. The first-order valence-electron chi connectivity index (χ1n) is 6.61. The molecule has 3 rings (SSSR count). The Hall–Kier alpha value is -1.39. The lowest BCUT2D eigenvalue weighted by Crippen LogP contribution is -2.37. The zero-order valence-electron chi connectivity index (χ0n) is 11.3. The predicted octanol–water partition coefficient (Wildman–Crippen LogP) is 2.89. The summed E-state index contributed by atoms with van der Waals surface area (Å²) in [6.07, 6.45) is 2.99. The number of hydrogen-bond acceptors (Lipinski definition) is 3. The van der Waals surface area contributed by atoms with Gasteiger partial charge in [-0.1, -0.05) is 0 Å². The Balaban J connectivity index is 1.75. The summed E-state index contributed by atoms with van der Waals surface area (Å²) >= 11 is 1.83. The summed E-state index contributed by atoms with van der Waals surface area (Å²) in [6, 6.07) is 6.36. The summed E-state index contributed by atoms with van der Waals surface area (Å²) in [4.78, 5) is 16.1. The van der Waals surface area contributed by atoms with Crippen LogP contribution < -0.4 is 0 Å². The molecule has 100 valence electrons. The summed E-state index contributed by atoms with van der Waals surface area (Å²) < 4.78 is 1.90. The Bertz CT molecular complexity index is 599. The van der Waals surface area contributed by atoms with E-state index in [0.29, 0.717) is 12.6 Å². The lowest BCUT2D eigenvalue weighted by Gasteiger charge is -2.32. The molecule has 1 unspecified atom stereocenters. The van der Waals surface area contributed by atoms with E-state index in [9.17, 15) is 4.79 Å². The number of aryl methyl sites for hydroxylation is 1. The monoisotopic (exact) mass is 274 g/mol. The minimum absolute atomic E-state index is 0.207. The van der Waals surface area contributed by atoms with Crippen LogP contribution in [0.1, 0.15) is 33.9 Å². The summed E-state index contributed by atoms with van der Waals surface area (Å²) in [7, 11) is 1.92. The Morgan fingerprint density at radius 1 is 1.47 bits per heavy atom. The van der Waals surface area contributed by atoms with Gasteiger partial charge in [-0.3, -0.25) is 9.69 Å². The van der Waals surface area contributed by atoms with Gasteiger partial charge in [-0.25, -0.2) is 0 Å². The standard InChI is InChI=1S/C15H18N2OS/c1-11-12-6-9-19-15(12)5-8-17(11)10-14(18)13-4-3-7-16(13)2/h3-4,6-7,9,11H,5,8,10H2,1-2H3. The fraction of sp³-hybridized carbons (Fsp3) is 0.400. The molecule has 2 aromatic heterocycles. The number of ketones is 1. The van der Waals surface area contributed by atoms with E-state index in [0.717, 1.165) is 18.7 Å². The van der Waals surface area contributed by atoms with Crippen molar-refractivity contribution in [2.24, 2.45) is 7.05 Å². The van der Waals surface area contributed by atoms with Crippen LogP contribution in [-0.2, 0) is 13.5 Å². The van der Waals surface area contributed by atoms with E-state index < -0.39 is 0 Å². The molecule has 0 bridgehead atoms. The minimum Gasteiger partial charge on any atom is -0.348 e. The number of carbonyl (C=O) groups is 1. The highest BCUT2D eigenvalue weighted by Crippen LogP contribution is 2.32. The van der Waals surface area contributed by atoms with Gasteiger partial charge in [0.1, 0.15) is 0 Å². The molecule has 2 aromatic rings. The van der Waals surface area contributed by atoms with Crippen molar-refractivity contribution in [3.63, 3.8) is 0 Å². The van der Waals surface area contributed by atoms with Gasteiger partial charge in [0.05, 0.1) is 12.2 Å². The number of carbonyl (C=O) groups excluding carboxylic acids is 1. The molecule has 0 amide bonds. The van der Waals surface area contributed by atoms with Gasteiger partial charge in [0.15, 0.2) is 5.78 Å². The average molecular weight is 274 g/mol. The van der Waals surface area contributed by atoms with Crippen molar-refractivity contribution in [1.29, 1.82) is 0 Å². The first-order valence-corrected chi connectivity index (χ1v) is 7.49. The number of hydrogen-bond donors (Lipinski definition) is 0. The third-order valence-electron chi connectivity index (χ3n) is 3.98. The normalized spacial score (nSPS) is 19.4. The van der Waals surface area contributed by atoms with Gasteiger partial charge in [0.25, 0.3) is 0 Å². The fourth-order valence-electron chi connectivity index (χ4n) is 2.79. The molecule has 3 heterocycles. The molecule has 0 saturated carbocycles. The highest BCUT2D eigenvalue weighted by atomic mass is 32.1. The second-order valence-corrected chi connectivity index (χ2v) is 6.12. The molecular weight excluding hydrogens is 256 g/mol. The molecule has 1 aliphatic rings. The largest absolute Gasteiger partial charge is 0.348 e. The van der Waals surface area contributed by atoms with E-state index in [1.807, 2.05) is 41.3 Å². The van der Waals surface area contributed by atoms with E-state index in [4.69, 9.17) is 0 Å². The van der Waals surface area contributed by atoms with Gasteiger partial charge in [-0.15, -0.1) is 11.3 Å². The summed E-state index contributed by atoms with van der Waals surface area (Å²) in [6.45, 7) is 3.68. The highest BCUT2D eigenvalue weighted by Gasteiger charge is 2.26. The van der Waals surface area contributed by atoms with Gasteiger partial charge >= 0.3 is 0 Å². The van der Waals surface area contributed by atoms with E-state index in [1.54, 1.807) is 0 Å². The fourth-order valence-corrected chi connectivity index (χ4v) is 3.76. The van der Waals surface area contributed by atoms with Crippen LogP contribution >= 0.6 is 11.3 Å². The van der Waals surface area contributed by atoms with Crippen LogP contribution in [-0.4, -0.2) is 28.3 Å². The van der Waals surface area contributed by atoms with Crippen molar-refractivity contribution in [1.82, 2.24) is 9.47 Å². The molecule has 0 N–H and O–H groups in total. The molecule has 4 heteroatoms. The molecule has 1 atom stereocenters. The number of nitrogens with zero attached hydrogens (tertiary/aromatic N) is 2. The van der Waals surface area contributed by atoms with Crippen LogP contribution in [0.4, 0.5) is 0 Å². The van der Waals surface area contributed by atoms with Gasteiger partial charge < -0.3 is 4.57 Å². The number of fused-ring (bicyclic) bond motifs is 1. The third-order valence-corrected chi connectivity index (χ3v) is 4.98. The van der Waals surface area contributed by atoms with Gasteiger partial charge in [0, 0.05) is 30.7 Å². The van der Waals surface area contributed by atoms with Crippen LogP contribution in [0.3, 0.4) is 0 Å². The molecule has 19 heavy (non-hydrogen) atoms. The summed E-state index contributed by atoms with van der Waals surface area (Å²) in [5, 5.41) is 2.16. The summed E-state index contributed by atoms with van der Waals surface area (Å²) in [5.41, 5.74) is 2.19. The predicted molar refractivity (Wildman–Crippen MR) is 77.8 cm³/mol. The van der Waals surface area contributed by atoms with Crippen molar-refractivity contribution in [3.8, 4) is 0 Å². The smallest absolute Gasteiger partial charge is 0.193 e. The zero-order valence-corrected chi connectivity index (χ0v) is 12.1. The van der Waals surface area contributed by atoms with E-state index in [-0.39, 0.29) is 5.78 Å². The molecule has 0 spiro atoms. The molecule has 0 aromatic carbocycles. The lowest BCUT2D eigenvalue weighted by atomic mass is 10.0. The molecule has 1 aliphatic heterocycles. The maximum absolute atomic E-state index is 12.3. The van der Waals surface area contributed by atoms with Crippen molar-refractivity contribution in [3.05, 3.63) is 45.9 Å². The molecule has 0 radical (unpaired) electrons. The Morgan fingerprint density at radius 2 is 2.32 bits per heavy atom. The second kappa shape index (κ2) is 4.94. The van der Waals surface area contributed by atoms with Crippen LogP contribution in [0.2, 0.25) is 0 Å². The third kappa shape index (κ3) is 2.26. The first-order chi connectivity index (χ1) is 9.16. The maximum atomic E-state index is 12.3. The topological polar surface area (TPSA) is 25.2 Å². The number of Topliss-reactive ketones (excluding diaryl/α,β-unsaturated/α-hetero) is 1. The number of thiophene rings is 1. The van der Waals surface area contributed by atoms with Crippen molar-refractivity contribution < 1.29 is 4.79 Å². The molecule has 0 fully saturated rings. The lowest BCUT2D eigenvalue weighted by molar-refractivity contribution is 0.0883. The van der Waals surface area contributed by atoms with Gasteiger partial charge in [-0.05, 0) is 42.5 Å². The van der Waals surface area contributed by atoms with E-state index >= 15 is 0 Å². The van der Waals surface area contributed by atoms with Crippen molar-refractivity contribution in [2.75, 3.05) is 13.1 Å². The SMILES string of the molecule is CC1c2ccsc2CCN1CC(=O)c1cccn1C. The average Bonchev–Trinajstić information content (AvgIpc) is 3.01. The highest BCUT2D eigenvalue weighted by molar-refractivity contribution is 7.10. The Morgan fingerprint density at radius 3 is 3.05 bits per heavy atom. The number of rotatable bonds is 3. The Labute approximate surface area is 117 Å². The summed E-state index contributed by atoms with van der Waals surface area (Å²) in [5.74, 6) is 0.207. The van der Waals surface area contributed by atoms with Crippen LogP contribution in [0.15, 0.2) is 29.8 Å². The molecule has 0 aliphatic carbocycles. The Kier molecular flexibility index (Phi) is 3.29. The van der Waals surface area contributed by atoms with Crippen molar-refractivity contribution in [2.45, 2.75) is 19.4 Å². The maximum Gasteiger partial charge on any atom is 0.193 e. The van der Waals surface area contributed by atoms with Crippen LogP contribution in [0.5, 0.6) is 0 Å². The van der Waals surface area contributed by atoms with Crippen LogP contribution in [0, 0.1) is 0 Å². The van der Waals surface area contributed by atoms with Crippen molar-refractivity contribution >= 4 is 17.1 Å². The van der Waals surface area contributed by atoms with E-state index in [2.05, 4.69) is 23.3 Å². The molecule has 0 saturated heterocycles. The van der Waals surface area contributed by atoms with E-state index in [1.165, 1.54) is 10.4 Å². The number of aromatic nitrogens is 1. The quantitative estimate of drug-likeness (QED) is 0.804. The van der Waals surface area contributed by atoms with Gasteiger partial charge in [-0.2, -0.15) is 0 Å². The minimum atomic E-state index is 0.207. The molecular formula is C15H18N2OS. The first kappa shape index (κ1) is 12.6. The van der Waals surface area contributed by atoms with Crippen LogP contribution in [0.25, 0.3) is 0 Å². The second-order valence-electron chi connectivity index (χ2n) is 5.12.